The number of carbonyl (C=O) groups is 3. The number of aryl methyl sites for hydroxylation is 1. The second-order valence-electron chi connectivity index (χ2n) is 9.05. The number of benzene rings is 2. The van der Waals surface area contributed by atoms with E-state index in [1.165, 1.54) is 5.56 Å². The highest BCUT2D eigenvalue weighted by Gasteiger charge is 2.35. The Balaban J connectivity index is 1.29. The van der Waals surface area contributed by atoms with Crippen LogP contribution in [-0.2, 0) is 20.9 Å². The summed E-state index contributed by atoms with van der Waals surface area (Å²) in [6.07, 6.45) is -0.0592. The molecule has 34 heavy (non-hydrogen) atoms. The Morgan fingerprint density at radius 3 is 2.32 bits per heavy atom. The molecule has 0 aliphatic carbocycles. The van der Waals surface area contributed by atoms with Gasteiger partial charge in [-0.1, -0.05) is 48.0 Å². The minimum atomic E-state index is -0.786. The summed E-state index contributed by atoms with van der Waals surface area (Å²) in [5.74, 6) is -0.649. The number of hydrogen-bond acceptors (Lipinski definition) is 5. The molecule has 2 aliphatic heterocycles. The van der Waals surface area contributed by atoms with Gasteiger partial charge in [0.2, 0.25) is 17.7 Å². The maximum Gasteiger partial charge on any atom is 0.243 e. The van der Waals surface area contributed by atoms with E-state index < -0.39 is 6.04 Å². The molecular formula is C26H33N5O3. The van der Waals surface area contributed by atoms with E-state index in [4.69, 9.17) is 0 Å². The van der Waals surface area contributed by atoms with E-state index in [1.807, 2.05) is 37.3 Å². The minimum Gasteiger partial charge on any atom is -0.353 e. The monoisotopic (exact) mass is 463 g/mol. The van der Waals surface area contributed by atoms with Gasteiger partial charge in [-0.25, -0.2) is 0 Å². The first-order chi connectivity index (χ1) is 16.5. The molecule has 0 radical (unpaired) electrons. The van der Waals surface area contributed by atoms with Gasteiger partial charge in [0.25, 0.3) is 0 Å². The summed E-state index contributed by atoms with van der Waals surface area (Å²) in [5, 5.41) is 5.62. The van der Waals surface area contributed by atoms with Crippen molar-refractivity contribution in [3.63, 3.8) is 0 Å². The fourth-order valence-corrected chi connectivity index (χ4v) is 4.47. The predicted octanol–water partition coefficient (Wildman–Crippen LogP) is 1.47. The molecule has 2 saturated heterocycles. The maximum atomic E-state index is 13.1. The van der Waals surface area contributed by atoms with Gasteiger partial charge >= 0.3 is 0 Å². The Morgan fingerprint density at radius 2 is 1.62 bits per heavy atom. The second kappa shape index (κ2) is 11.3. The summed E-state index contributed by atoms with van der Waals surface area (Å²) in [4.78, 5) is 44.4. The molecule has 0 spiro atoms. The molecule has 2 aliphatic rings. The summed E-state index contributed by atoms with van der Waals surface area (Å²) in [5.41, 5.74) is 3.07. The van der Waals surface area contributed by atoms with Gasteiger partial charge in [0.1, 0.15) is 6.04 Å². The Labute approximate surface area is 200 Å². The Morgan fingerprint density at radius 1 is 0.941 bits per heavy atom. The van der Waals surface area contributed by atoms with E-state index in [9.17, 15) is 14.4 Å². The molecule has 0 unspecified atom stereocenters. The highest BCUT2D eigenvalue weighted by atomic mass is 16.2. The van der Waals surface area contributed by atoms with Crippen molar-refractivity contribution in [3.8, 4) is 0 Å². The van der Waals surface area contributed by atoms with Gasteiger partial charge in [0.15, 0.2) is 0 Å². The Bertz CT molecular complexity index is 987. The molecule has 2 fully saturated rings. The van der Waals surface area contributed by atoms with Crippen LogP contribution in [0.1, 0.15) is 17.5 Å². The van der Waals surface area contributed by atoms with Gasteiger partial charge in [-0.3, -0.25) is 24.2 Å². The van der Waals surface area contributed by atoms with Crippen LogP contribution in [0, 0.1) is 6.92 Å². The molecule has 180 valence electrons. The summed E-state index contributed by atoms with van der Waals surface area (Å²) in [6, 6.07) is 17.1. The van der Waals surface area contributed by atoms with E-state index in [2.05, 4.69) is 44.7 Å². The molecule has 2 N–H and O–H groups in total. The van der Waals surface area contributed by atoms with Crippen LogP contribution >= 0.6 is 0 Å². The number of amides is 3. The quantitative estimate of drug-likeness (QED) is 0.650. The molecule has 2 heterocycles. The average molecular weight is 464 g/mol. The zero-order chi connectivity index (χ0) is 23.9. The molecule has 8 nitrogen and oxygen atoms in total. The molecule has 8 heteroatoms. The van der Waals surface area contributed by atoms with Crippen LogP contribution in [-0.4, -0.2) is 84.3 Å². The minimum absolute atomic E-state index is 0.0592. The van der Waals surface area contributed by atoms with Crippen LogP contribution < -0.4 is 10.6 Å². The lowest BCUT2D eigenvalue weighted by Gasteiger charge is -2.38. The van der Waals surface area contributed by atoms with E-state index in [-0.39, 0.29) is 30.7 Å². The van der Waals surface area contributed by atoms with E-state index in [0.717, 1.165) is 38.3 Å². The summed E-state index contributed by atoms with van der Waals surface area (Å²) in [6.45, 7) is 7.37. The van der Waals surface area contributed by atoms with Crippen molar-refractivity contribution in [3.05, 3.63) is 65.7 Å². The van der Waals surface area contributed by atoms with Crippen LogP contribution in [0.5, 0.6) is 0 Å². The average Bonchev–Trinajstić information content (AvgIpc) is 2.84. The third-order valence-corrected chi connectivity index (χ3v) is 6.44. The molecule has 0 saturated carbocycles. The lowest BCUT2D eigenvalue weighted by molar-refractivity contribution is -0.145. The molecule has 1 atom stereocenters. The molecule has 0 bridgehead atoms. The number of rotatable bonds is 7. The number of piperazine rings is 2. The fourth-order valence-electron chi connectivity index (χ4n) is 4.47. The second-order valence-corrected chi connectivity index (χ2v) is 9.05. The zero-order valence-electron chi connectivity index (χ0n) is 19.7. The lowest BCUT2D eigenvalue weighted by atomic mass is 10.1. The first-order valence-electron chi connectivity index (χ1n) is 11.9. The van der Waals surface area contributed by atoms with Crippen LogP contribution in [0.15, 0.2) is 54.6 Å². The van der Waals surface area contributed by atoms with Crippen molar-refractivity contribution in [1.29, 1.82) is 0 Å². The highest BCUT2D eigenvalue weighted by Crippen LogP contribution is 2.15. The first kappa shape index (κ1) is 23.9. The predicted molar refractivity (Wildman–Crippen MR) is 131 cm³/mol. The third-order valence-electron chi connectivity index (χ3n) is 6.44. The van der Waals surface area contributed by atoms with Crippen LogP contribution in [0.4, 0.5) is 5.69 Å². The normalized spacial score (nSPS) is 19.5. The molecule has 2 aromatic rings. The number of nitrogens with zero attached hydrogens (tertiary/aromatic N) is 3. The van der Waals surface area contributed by atoms with Gasteiger partial charge < -0.3 is 15.5 Å². The van der Waals surface area contributed by atoms with Gasteiger partial charge in [-0.05, 0) is 24.6 Å². The number of carbonyl (C=O) groups excluding carboxylic acids is 3. The van der Waals surface area contributed by atoms with Crippen molar-refractivity contribution >= 4 is 23.4 Å². The summed E-state index contributed by atoms with van der Waals surface area (Å²) >= 11 is 0. The van der Waals surface area contributed by atoms with Crippen molar-refractivity contribution in [1.82, 2.24) is 20.0 Å². The molecule has 4 rings (SSSR count). The third kappa shape index (κ3) is 6.42. The number of hydrogen-bond donors (Lipinski definition) is 2. The van der Waals surface area contributed by atoms with Gasteiger partial charge in [-0.2, -0.15) is 0 Å². The Hall–Kier alpha value is -3.23. The Kier molecular flexibility index (Phi) is 7.92. The van der Waals surface area contributed by atoms with Crippen LogP contribution in [0.25, 0.3) is 0 Å². The van der Waals surface area contributed by atoms with Crippen LogP contribution in [0.3, 0.4) is 0 Å². The van der Waals surface area contributed by atoms with Gasteiger partial charge in [0, 0.05) is 51.5 Å². The largest absolute Gasteiger partial charge is 0.353 e. The van der Waals surface area contributed by atoms with Crippen LogP contribution in [0.2, 0.25) is 0 Å². The molecule has 2 aromatic carbocycles. The van der Waals surface area contributed by atoms with Crippen molar-refractivity contribution in [2.24, 2.45) is 0 Å². The van der Waals surface area contributed by atoms with Crippen molar-refractivity contribution in [2.45, 2.75) is 25.9 Å². The van der Waals surface area contributed by atoms with Crippen molar-refractivity contribution < 1.29 is 14.4 Å². The standard InChI is InChI=1S/C26H33N5O3/c1-20-7-9-22(10-8-20)28-24(32)17-23-26(34)27-11-12-31(23)25(33)19-30-15-13-29(14-16-30)18-21-5-3-2-4-6-21/h2-10,23H,11-19H2,1H3,(H,27,34)(H,28,32)/t23-/m0/s1. The van der Waals surface area contributed by atoms with E-state index >= 15 is 0 Å². The molecule has 0 aromatic heterocycles. The highest BCUT2D eigenvalue weighted by molar-refractivity contribution is 5.97. The van der Waals surface area contributed by atoms with Gasteiger partial charge in [0.05, 0.1) is 13.0 Å². The van der Waals surface area contributed by atoms with E-state index in [1.54, 1.807) is 4.90 Å². The van der Waals surface area contributed by atoms with E-state index in [0.29, 0.717) is 18.8 Å². The maximum absolute atomic E-state index is 13.1. The zero-order valence-corrected chi connectivity index (χ0v) is 19.7. The number of anilines is 1. The molecule has 3 amide bonds. The van der Waals surface area contributed by atoms with Crippen molar-refractivity contribution in [2.75, 3.05) is 51.1 Å². The first-order valence-corrected chi connectivity index (χ1v) is 11.9. The summed E-state index contributed by atoms with van der Waals surface area (Å²) < 4.78 is 0. The topological polar surface area (TPSA) is 85.0 Å². The SMILES string of the molecule is Cc1ccc(NC(=O)C[C@H]2C(=O)NCCN2C(=O)CN2CCN(Cc3ccccc3)CC2)cc1. The lowest BCUT2D eigenvalue weighted by Crippen LogP contribution is -2.60. The summed E-state index contributed by atoms with van der Waals surface area (Å²) in [7, 11) is 0. The number of nitrogens with one attached hydrogen (secondary N) is 2. The van der Waals surface area contributed by atoms with Gasteiger partial charge in [-0.15, -0.1) is 0 Å². The smallest absolute Gasteiger partial charge is 0.243 e. The molecular weight excluding hydrogens is 430 g/mol. The fraction of sp³-hybridized carbons (Fsp3) is 0.423.